The number of anilines is 1. The zero-order valence-corrected chi connectivity index (χ0v) is 11.8. The number of hydrogen-bond donors (Lipinski definition) is 2. The summed E-state index contributed by atoms with van der Waals surface area (Å²) < 4.78 is 5.09. The largest absolute Gasteiger partial charge is 0.495 e. The first-order valence-electron chi connectivity index (χ1n) is 6.07. The third-order valence-electron chi connectivity index (χ3n) is 2.89. The number of ether oxygens (including phenoxy) is 1. The lowest BCUT2D eigenvalue weighted by atomic mass is 10.1. The standard InChI is InChI=1S/C15H15ClN2O2/c1-20-14-8-10(6-7-13(14)17)15(19)18-9-11-4-2-3-5-12(11)16/h2-8H,9,17H2,1H3,(H,18,19). The summed E-state index contributed by atoms with van der Waals surface area (Å²) in [6.45, 7) is 0.366. The maximum absolute atomic E-state index is 12.1. The van der Waals surface area contributed by atoms with Gasteiger partial charge in [0.05, 0.1) is 12.8 Å². The summed E-state index contributed by atoms with van der Waals surface area (Å²) in [6, 6.07) is 12.3. The number of rotatable bonds is 4. The number of carbonyl (C=O) groups excluding carboxylic acids is 1. The van der Waals surface area contributed by atoms with E-state index in [1.807, 2.05) is 18.2 Å². The van der Waals surface area contributed by atoms with Crippen molar-refractivity contribution < 1.29 is 9.53 Å². The van der Waals surface area contributed by atoms with Gasteiger partial charge in [0.1, 0.15) is 5.75 Å². The highest BCUT2D eigenvalue weighted by Crippen LogP contribution is 2.22. The molecule has 2 aromatic carbocycles. The van der Waals surface area contributed by atoms with Crippen molar-refractivity contribution in [2.45, 2.75) is 6.54 Å². The van der Waals surface area contributed by atoms with E-state index >= 15 is 0 Å². The van der Waals surface area contributed by atoms with Crippen LogP contribution in [0, 0.1) is 0 Å². The molecule has 104 valence electrons. The SMILES string of the molecule is COc1cc(C(=O)NCc2ccccc2Cl)ccc1N. The quantitative estimate of drug-likeness (QED) is 0.851. The Morgan fingerprint density at radius 3 is 2.75 bits per heavy atom. The molecule has 2 aromatic rings. The van der Waals surface area contributed by atoms with Gasteiger partial charge in [0.25, 0.3) is 5.91 Å². The summed E-state index contributed by atoms with van der Waals surface area (Å²) in [5.74, 6) is 0.276. The highest BCUT2D eigenvalue weighted by molar-refractivity contribution is 6.31. The zero-order chi connectivity index (χ0) is 14.5. The van der Waals surface area contributed by atoms with Crippen LogP contribution in [0.2, 0.25) is 5.02 Å². The molecule has 3 N–H and O–H groups in total. The van der Waals surface area contributed by atoms with Crippen molar-refractivity contribution in [3.63, 3.8) is 0 Å². The van der Waals surface area contributed by atoms with Gasteiger partial charge in [-0.1, -0.05) is 29.8 Å². The molecule has 20 heavy (non-hydrogen) atoms. The second-order valence-electron chi connectivity index (χ2n) is 4.23. The molecule has 0 bridgehead atoms. The molecule has 0 fully saturated rings. The van der Waals surface area contributed by atoms with E-state index in [2.05, 4.69) is 5.32 Å². The van der Waals surface area contributed by atoms with Crippen molar-refractivity contribution >= 4 is 23.2 Å². The molecule has 0 aliphatic carbocycles. The molecule has 0 unspecified atom stereocenters. The maximum atomic E-state index is 12.1. The number of benzene rings is 2. The van der Waals surface area contributed by atoms with E-state index < -0.39 is 0 Å². The van der Waals surface area contributed by atoms with Gasteiger partial charge >= 0.3 is 0 Å². The molecule has 0 saturated carbocycles. The van der Waals surface area contributed by atoms with Gasteiger partial charge in [-0.15, -0.1) is 0 Å². The predicted octanol–water partition coefficient (Wildman–Crippen LogP) is 2.86. The fourth-order valence-electron chi connectivity index (χ4n) is 1.77. The van der Waals surface area contributed by atoms with Crippen LogP contribution in [0.3, 0.4) is 0 Å². The van der Waals surface area contributed by atoms with Gasteiger partial charge in [-0.3, -0.25) is 4.79 Å². The molecule has 1 amide bonds. The number of methoxy groups -OCH3 is 1. The number of nitrogen functional groups attached to an aromatic ring is 1. The zero-order valence-electron chi connectivity index (χ0n) is 11.0. The van der Waals surface area contributed by atoms with Gasteiger partial charge in [-0.2, -0.15) is 0 Å². The van der Waals surface area contributed by atoms with E-state index in [1.165, 1.54) is 7.11 Å². The Labute approximate surface area is 122 Å². The third-order valence-corrected chi connectivity index (χ3v) is 3.26. The number of hydrogen-bond acceptors (Lipinski definition) is 3. The first kappa shape index (κ1) is 14.2. The van der Waals surface area contributed by atoms with Crippen LogP contribution in [-0.4, -0.2) is 13.0 Å². The van der Waals surface area contributed by atoms with Gasteiger partial charge in [0.15, 0.2) is 0 Å². The Bertz CT molecular complexity index is 629. The van der Waals surface area contributed by atoms with Gasteiger partial charge in [0, 0.05) is 17.1 Å². The average Bonchev–Trinajstić information content (AvgIpc) is 2.46. The van der Waals surface area contributed by atoms with Crippen LogP contribution in [0.25, 0.3) is 0 Å². The Balaban J connectivity index is 2.07. The molecule has 0 aliphatic rings. The Hall–Kier alpha value is -2.20. The number of amides is 1. The van der Waals surface area contributed by atoms with Crippen molar-refractivity contribution in [3.05, 3.63) is 58.6 Å². The van der Waals surface area contributed by atoms with Gasteiger partial charge in [-0.05, 0) is 29.8 Å². The van der Waals surface area contributed by atoms with E-state index in [4.69, 9.17) is 22.1 Å². The molecule has 0 aliphatic heterocycles. The predicted molar refractivity (Wildman–Crippen MR) is 80.0 cm³/mol. The average molecular weight is 291 g/mol. The van der Waals surface area contributed by atoms with Crippen LogP contribution in [-0.2, 0) is 6.54 Å². The first-order valence-corrected chi connectivity index (χ1v) is 6.44. The molecule has 0 radical (unpaired) electrons. The van der Waals surface area contributed by atoms with E-state index in [0.717, 1.165) is 5.56 Å². The van der Waals surface area contributed by atoms with E-state index in [9.17, 15) is 4.79 Å². The number of carbonyl (C=O) groups is 1. The molecular weight excluding hydrogens is 276 g/mol. The lowest BCUT2D eigenvalue weighted by Crippen LogP contribution is -2.23. The van der Waals surface area contributed by atoms with Crippen LogP contribution >= 0.6 is 11.6 Å². The summed E-state index contributed by atoms with van der Waals surface area (Å²) >= 11 is 6.03. The monoisotopic (exact) mass is 290 g/mol. The summed E-state index contributed by atoms with van der Waals surface area (Å²) in [5, 5.41) is 3.43. The molecule has 2 rings (SSSR count). The normalized spacial score (nSPS) is 10.1. The summed E-state index contributed by atoms with van der Waals surface area (Å²) in [5.41, 5.74) is 7.56. The third kappa shape index (κ3) is 3.22. The minimum Gasteiger partial charge on any atom is -0.495 e. The second-order valence-corrected chi connectivity index (χ2v) is 4.64. The fraction of sp³-hybridized carbons (Fsp3) is 0.133. The van der Waals surface area contributed by atoms with Crippen LogP contribution in [0.15, 0.2) is 42.5 Å². The Kier molecular flexibility index (Phi) is 4.48. The molecule has 0 spiro atoms. The Morgan fingerprint density at radius 2 is 2.05 bits per heavy atom. The molecular formula is C15H15ClN2O2. The van der Waals surface area contributed by atoms with Gasteiger partial charge in [-0.25, -0.2) is 0 Å². The van der Waals surface area contributed by atoms with Crippen molar-refractivity contribution in [1.29, 1.82) is 0 Å². The van der Waals surface area contributed by atoms with Gasteiger partial charge in [0.2, 0.25) is 0 Å². The molecule has 0 atom stereocenters. The lowest BCUT2D eigenvalue weighted by Gasteiger charge is -2.09. The van der Waals surface area contributed by atoms with Crippen LogP contribution in [0.5, 0.6) is 5.75 Å². The number of halogens is 1. The minimum atomic E-state index is -0.205. The molecule has 0 aromatic heterocycles. The van der Waals surface area contributed by atoms with E-state index in [0.29, 0.717) is 28.6 Å². The van der Waals surface area contributed by atoms with Crippen LogP contribution in [0.4, 0.5) is 5.69 Å². The molecule has 4 nitrogen and oxygen atoms in total. The van der Waals surface area contributed by atoms with Crippen LogP contribution < -0.4 is 15.8 Å². The van der Waals surface area contributed by atoms with Crippen LogP contribution in [0.1, 0.15) is 15.9 Å². The molecule has 0 heterocycles. The van der Waals surface area contributed by atoms with Crippen molar-refractivity contribution in [1.82, 2.24) is 5.32 Å². The number of nitrogens with two attached hydrogens (primary N) is 1. The van der Waals surface area contributed by atoms with E-state index in [-0.39, 0.29) is 5.91 Å². The minimum absolute atomic E-state index is 0.205. The van der Waals surface area contributed by atoms with E-state index in [1.54, 1.807) is 24.3 Å². The van der Waals surface area contributed by atoms with Crippen molar-refractivity contribution in [3.8, 4) is 5.75 Å². The van der Waals surface area contributed by atoms with Crippen molar-refractivity contribution in [2.75, 3.05) is 12.8 Å². The second kappa shape index (κ2) is 6.30. The molecule has 0 saturated heterocycles. The lowest BCUT2D eigenvalue weighted by molar-refractivity contribution is 0.0950. The molecule has 5 heteroatoms. The van der Waals surface area contributed by atoms with Crippen molar-refractivity contribution in [2.24, 2.45) is 0 Å². The highest BCUT2D eigenvalue weighted by atomic mass is 35.5. The fourth-order valence-corrected chi connectivity index (χ4v) is 1.97. The number of nitrogens with one attached hydrogen (secondary N) is 1. The summed E-state index contributed by atoms with van der Waals surface area (Å²) in [7, 11) is 1.51. The topological polar surface area (TPSA) is 64.3 Å². The Morgan fingerprint density at radius 1 is 1.30 bits per heavy atom. The first-order chi connectivity index (χ1) is 9.61. The summed E-state index contributed by atoms with van der Waals surface area (Å²) in [6.07, 6.45) is 0. The smallest absolute Gasteiger partial charge is 0.251 e. The summed E-state index contributed by atoms with van der Waals surface area (Å²) in [4.78, 5) is 12.1. The highest BCUT2D eigenvalue weighted by Gasteiger charge is 2.09. The maximum Gasteiger partial charge on any atom is 0.251 e. The van der Waals surface area contributed by atoms with Gasteiger partial charge < -0.3 is 15.8 Å².